The first-order valence-electron chi connectivity index (χ1n) is 8.80. The lowest BCUT2D eigenvalue weighted by molar-refractivity contribution is -0.118. The molecule has 0 bridgehead atoms. The van der Waals surface area contributed by atoms with Gasteiger partial charge in [0.25, 0.3) is 11.5 Å². The van der Waals surface area contributed by atoms with Crippen LogP contribution in [-0.2, 0) is 32.0 Å². The predicted octanol–water partition coefficient (Wildman–Crippen LogP) is 0.763. The van der Waals surface area contributed by atoms with Crippen LogP contribution in [0.1, 0.15) is 0 Å². The molecule has 0 fully saturated rings. The molecule has 4 aromatic rings. The van der Waals surface area contributed by atoms with Gasteiger partial charge in [0.15, 0.2) is 16.0 Å². The second-order valence-electron chi connectivity index (χ2n) is 6.51. The number of aryl methyl sites for hydroxylation is 1. The van der Waals surface area contributed by atoms with Gasteiger partial charge in [-0.25, -0.2) is 9.78 Å². The number of carbonyl (C=O) groups excluding carboxylic acids is 1. The van der Waals surface area contributed by atoms with Crippen molar-refractivity contribution in [1.82, 2.24) is 23.3 Å². The van der Waals surface area contributed by atoms with E-state index in [1.807, 2.05) is 28.8 Å². The smallest absolute Gasteiger partial charge is 0.315 e. The number of hydrogen-bond acceptors (Lipinski definition) is 5. The van der Waals surface area contributed by atoms with Crippen LogP contribution in [0.25, 0.3) is 21.4 Å². The first-order chi connectivity index (χ1) is 13.9. The SMILES string of the molecule is C=CCn1c(=NC(=O)Cn2cnc3c2c(=O)n(C)c(=O)n3C)sc2ccccc21. The number of aromatic nitrogens is 5. The molecule has 3 heterocycles. The Morgan fingerprint density at radius 2 is 2.00 bits per heavy atom. The fourth-order valence-electron chi connectivity index (χ4n) is 3.22. The van der Waals surface area contributed by atoms with Crippen molar-refractivity contribution < 1.29 is 4.79 Å². The van der Waals surface area contributed by atoms with Crippen molar-refractivity contribution in [3.63, 3.8) is 0 Å². The van der Waals surface area contributed by atoms with Gasteiger partial charge in [-0.2, -0.15) is 4.99 Å². The maximum Gasteiger partial charge on any atom is 0.332 e. The maximum absolute atomic E-state index is 12.7. The van der Waals surface area contributed by atoms with Crippen molar-refractivity contribution in [3.8, 4) is 0 Å². The van der Waals surface area contributed by atoms with Gasteiger partial charge >= 0.3 is 5.69 Å². The number of fused-ring (bicyclic) bond motifs is 2. The molecule has 0 saturated carbocycles. The number of para-hydroxylation sites is 1. The Morgan fingerprint density at radius 1 is 1.24 bits per heavy atom. The summed E-state index contributed by atoms with van der Waals surface area (Å²) in [5, 5.41) is 0. The number of allylic oxidation sites excluding steroid dienone is 1. The van der Waals surface area contributed by atoms with Crippen LogP contribution in [-0.4, -0.2) is 29.2 Å². The average Bonchev–Trinajstić information content (AvgIpc) is 3.27. The zero-order valence-electron chi connectivity index (χ0n) is 15.9. The summed E-state index contributed by atoms with van der Waals surface area (Å²) in [5.74, 6) is -0.426. The lowest BCUT2D eigenvalue weighted by Gasteiger charge is -2.05. The minimum Gasteiger partial charge on any atom is -0.315 e. The van der Waals surface area contributed by atoms with Crippen LogP contribution in [0.2, 0.25) is 0 Å². The lowest BCUT2D eigenvalue weighted by atomic mass is 10.3. The molecule has 0 spiro atoms. The molecule has 4 rings (SSSR count). The predicted molar refractivity (Wildman–Crippen MR) is 111 cm³/mol. The third kappa shape index (κ3) is 3.07. The highest BCUT2D eigenvalue weighted by Crippen LogP contribution is 2.16. The Balaban J connectivity index is 1.80. The molecule has 148 valence electrons. The number of carbonyl (C=O) groups is 1. The Labute approximate surface area is 168 Å². The van der Waals surface area contributed by atoms with Gasteiger partial charge in [0.1, 0.15) is 6.54 Å². The third-order valence-corrected chi connectivity index (χ3v) is 5.70. The van der Waals surface area contributed by atoms with E-state index in [0.29, 0.717) is 11.3 Å². The fraction of sp³-hybridized carbons (Fsp3) is 0.211. The molecule has 1 amide bonds. The van der Waals surface area contributed by atoms with Gasteiger partial charge < -0.3 is 9.13 Å². The molecule has 10 heteroatoms. The molecule has 0 aliphatic heterocycles. The molecule has 1 aromatic carbocycles. The van der Waals surface area contributed by atoms with Gasteiger partial charge in [0, 0.05) is 20.6 Å². The number of thiazole rings is 1. The first kappa shape index (κ1) is 18.8. The molecule has 0 N–H and O–H groups in total. The zero-order valence-corrected chi connectivity index (χ0v) is 16.7. The van der Waals surface area contributed by atoms with Crippen LogP contribution in [0.4, 0.5) is 0 Å². The van der Waals surface area contributed by atoms with Crippen molar-refractivity contribution in [2.75, 3.05) is 0 Å². The normalized spacial score (nSPS) is 12.1. The number of amides is 1. The van der Waals surface area contributed by atoms with E-state index in [9.17, 15) is 14.4 Å². The summed E-state index contributed by atoms with van der Waals surface area (Å²) in [5.41, 5.74) is 0.417. The van der Waals surface area contributed by atoms with Crippen LogP contribution >= 0.6 is 11.3 Å². The lowest BCUT2D eigenvalue weighted by Crippen LogP contribution is -2.37. The molecular formula is C19H18N6O3S. The van der Waals surface area contributed by atoms with E-state index in [0.717, 1.165) is 14.8 Å². The second-order valence-corrected chi connectivity index (χ2v) is 7.52. The molecule has 0 saturated heterocycles. The van der Waals surface area contributed by atoms with Crippen LogP contribution in [0.3, 0.4) is 0 Å². The number of nitrogens with zero attached hydrogens (tertiary/aromatic N) is 6. The standard InChI is InChI=1S/C19H18N6O3S/c1-4-9-25-12-7-5-6-8-13(12)29-18(25)21-14(26)10-24-11-20-16-15(24)17(27)23(3)19(28)22(16)2/h4-8,11H,1,9-10H2,2-3H3. The van der Waals surface area contributed by atoms with E-state index in [1.165, 1.54) is 40.9 Å². The molecule has 3 aromatic heterocycles. The topological polar surface area (TPSA) is 96.2 Å². The van der Waals surface area contributed by atoms with Crippen molar-refractivity contribution in [2.45, 2.75) is 13.1 Å². The molecule has 29 heavy (non-hydrogen) atoms. The highest BCUT2D eigenvalue weighted by Gasteiger charge is 2.16. The largest absolute Gasteiger partial charge is 0.332 e. The minimum absolute atomic E-state index is 0.160. The summed E-state index contributed by atoms with van der Waals surface area (Å²) >= 11 is 1.41. The van der Waals surface area contributed by atoms with Gasteiger partial charge in [-0.1, -0.05) is 29.5 Å². The average molecular weight is 410 g/mol. The van der Waals surface area contributed by atoms with Crippen LogP contribution in [0.15, 0.2) is 57.8 Å². The molecular weight excluding hydrogens is 392 g/mol. The van der Waals surface area contributed by atoms with Crippen molar-refractivity contribution in [1.29, 1.82) is 0 Å². The number of imidazole rings is 1. The van der Waals surface area contributed by atoms with Gasteiger partial charge in [0.05, 0.1) is 16.5 Å². The monoisotopic (exact) mass is 410 g/mol. The van der Waals surface area contributed by atoms with E-state index < -0.39 is 17.2 Å². The molecule has 9 nitrogen and oxygen atoms in total. The third-order valence-electron chi connectivity index (χ3n) is 4.64. The minimum atomic E-state index is -0.503. The highest BCUT2D eigenvalue weighted by molar-refractivity contribution is 7.16. The quantitative estimate of drug-likeness (QED) is 0.464. The summed E-state index contributed by atoms with van der Waals surface area (Å²) in [6.07, 6.45) is 3.12. The maximum atomic E-state index is 12.7. The number of hydrogen-bond donors (Lipinski definition) is 0. The molecule has 0 aliphatic carbocycles. The first-order valence-corrected chi connectivity index (χ1v) is 9.61. The van der Waals surface area contributed by atoms with E-state index in [-0.39, 0.29) is 17.7 Å². The molecule has 0 atom stereocenters. The molecule has 0 aliphatic rings. The van der Waals surface area contributed by atoms with E-state index >= 15 is 0 Å². The van der Waals surface area contributed by atoms with Crippen LogP contribution in [0, 0.1) is 0 Å². The zero-order chi connectivity index (χ0) is 20.7. The van der Waals surface area contributed by atoms with Crippen molar-refractivity contribution >= 4 is 38.6 Å². The van der Waals surface area contributed by atoms with Crippen molar-refractivity contribution in [3.05, 3.63) is 68.9 Å². The van der Waals surface area contributed by atoms with Crippen LogP contribution in [0.5, 0.6) is 0 Å². The van der Waals surface area contributed by atoms with Gasteiger partial charge in [-0.3, -0.25) is 18.7 Å². The van der Waals surface area contributed by atoms with E-state index in [4.69, 9.17) is 0 Å². The van der Waals surface area contributed by atoms with Crippen LogP contribution < -0.4 is 16.1 Å². The molecule has 0 radical (unpaired) electrons. The number of rotatable bonds is 4. The molecule has 0 unspecified atom stereocenters. The van der Waals surface area contributed by atoms with Gasteiger partial charge in [-0.15, -0.1) is 6.58 Å². The van der Waals surface area contributed by atoms with Crippen molar-refractivity contribution in [2.24, 2.45) is 19.1 Å². The van der Waals surface area contributed by atoms with E-state index in [2.05, 4.69) is 16.6 Å². The summed E-state index contributed by atoms with van der Waals surface area (Å²) in [6.45, 7) is 4.13. The Morgan fingerprint density at radius 3 is 2.76 bits per heavy atom. The summed E-state index contributed by atoms with van der Waals surface area (Å²) < 4.78 is 6.62. The van der Waals surface area contributed by atoms with Gasteiger partial charge in [-0.05, 0) is 12.1 Å². The second kappa shape index (κ2) is 7.13. The summed E-state index contributed by atoms with van der Waals surface area (Å²) in [6, 6.07) is 7.79. The highest BCUT2D eigenvalue weighted by atomic mass is 32.1. The summed E-state index contributed by atoms with van der Waals surface area (Å²) in [7, 11) is 2.92. The number of benzene rings is 1. The Kier molecular flexibility index (Phi) is 4.63. The Hall–Kier alpha value is -3.53. The van der Waals surface area contributed by atoms with Gasteiger partial charge in [0.2, 0.25) is 0 Å². The fourth-order valence-corrected chi connectivity index (χ4v) is 4.27. The summed E-state index contributed by atoms with van der Waals surface area (Å²) in [4.78, 5) is 46.2. The van der Waals surface area contributed by atoms with E-state index in [1.54, 1.807) is 6.08 Å². The Bertz CT molecular complexity index is 1460.